The third kappa shape index (κ3) is 2.73. The molecule has 5 nitrogen and oxygen atoms in total. The number of rotatable bonds is 4. The molecule has 0 radical (unpaired) electrons. The van der Waals surface area contributed by atoms with E-state index in [2.05, 4.69) is 27.1 Å². The van der Waals surface area contributed by atoms with Crippen LogP contribution in [-0.2, 0) is 6.54 Å². The van der Waals surface area contributed by atoms with Crippen LogP contribution >= 0.6 is 0 Å². The standard InChI is InChI=1S/C18H20N4O/c23-13-16-7-4-8-21(16)11-14-9-19-18-17(10-20-22(18)12-14)15-5-2-1-3-6-15/h1-3,5-6,9-10,12,16,23H,4,7-8,11,13H2/t16-/m1/s1. The largest absolute Gasteiger partial charge is 0.395 e. The van der Waals surface area contributed by atoms with Crippen molar-refractivity contribution in [2.45, 2.75) is 25.4 Å². The van der Waals surface area contributed by atoms with Crippen molar-refractivity contribution >= 4 is 5.65 Å². The molecule has 1 atom stereocenters. The predicted octanol–water partition coefficient (Wildman–Crippen LogP) is 2.35. The van der Waals surface area contributed by atoms with Crippen molar-refractivity contribution in [2.24, 2.45) is 0 Å². The Bertz CT molecular complexity index is 799. The third-order valence-electron chi connectivity index (χ3n) is 4.59. The lowest BCUT2D eigenvalue weighted by atomic mass is 10.1. The summed E-state index contributed by atoms with van der Waals surface area (Å²) in [6.07, 6.45) is 8.07. The molecule has 1 saturated heterocycles. The Kier molecular flexibility index (Phi) is 3.81. The first-order valence-electron chi connectivity index (χ1n) is 8.08. The summed E-state index contributed by atoms with van der Waals surface area (Å²) in [6, 6.07) is 10.5. The van der Waals surface area contributed by atoms with Crippen LogP contribution in [-0.4, -0.2) is 43.8 Å². The van der Waals surface area contributed by atoms with Crippen LogP contribution in [0.4, 0.5) is 0 Å². The molecule has 1 aliphatic rings. The molecule has 0 amide bonds. The van der Waals surface area contributed by atoms with E-state index in [-0.39, 0.29) is 12.6 Å². The summed E-state index contributed by atoms with van der Waals surface area (Å²) in [7, 11) is 0. The molecule has 0 unspecified atom stereocenters. The smallest absolute Gasteiger partial charge is 0.162 e. The van der Waals surface area contributed by atoms with Gasteiger partial charge in [-0.15, -0.1) is 0 Å². The van der Waals surface area contributed by atoms with Gasteiger partial charge in [0.05, 0.1) is 12.8 Å². The van der Waals surface area contributed by atoms with Crippen molar-refractivity contribution in [3.8, 4) is 11.1 Å². The van der Waals surface area contributed by atoms with E-state index in [9.17, 15) is 5.11 Å². The number of aliphatic hydroxyl groups is 1. The first-order valence-corrected chi connectivity index (χ1v) is 8.08. The van der Waals surface area contributed by atoms with E-state index in [1.165, 1.54) is 0 Å². The Morgan fingerprint density at radius 1 is 1.17 bits per heavy atom. The lowest BCUT2D eigenvalue weighted by Gasteiger charge is -2.22. The zero-order chi connectivity index (χ0) is 15.6. The van der Waals surface area contributed by atoms with E-state index >= 15 is 0 Å². The number of likely N-dealkylation sites (tertiary alicyclic amines) is 1. The molecule has 1 fully saturated rings. The molecule has 5 heteroatoms. The summed E-state index contributed by atoms with van der Waals surface area (Å²) in [4.78, 5) is 6.95. The fourth-order valence-electron chi connectivity index (χ4n) is 3.36. The average molecular weight is 308 g/mol. The monoisotopic (exact) mass is 308 g/mol. The Morgan fingerprint density at radius 3 is 2.87 bits per heavy atom. The molecule has 0 bridgehead atoms. The fourth-order valence-corrected chi connectivity index (χ4v) is 3.36. The maximum Gasteiger partial charge on any atom is 0.162 e. The van der Waals surface area contributed by atoms with Gasteiger partial charge in [-0.05, 0) is 24.9 Å². The molecule has 1 aromatic carbocycles. The summed E-state index contributed by atoms with van der Waals surface area (Å²) < 4.78 is 1.85. The second-order valence-electron chi connectivity index (χ2n) is 6.10. The molecule has 23 heavy (non-hydrogen) atoms. The quantitative estimate of drug-likeness (QED) is 0.804. The number of fused-ring (bicyclic) bond motifs is 1. The van der Waals surface area contributed by atoms with Crippen LogP contribution in [0.2, 0.25) is 0 Å². The molecule has 0 saturated carbocycles. The van der Waals surface area contributed by atoms with Crippen molar-refractivity contribution in [3.05, 3.63) is 54.5 Å². The van der Waals surface area contributed by atoms with Gasteiger partial charge in [0.2, 0.25) is 0 Å². The van der Waals surface area contributed by atoms with E-state index in [0.29, 0.717) is 0 Å². The number of hydrogen-bond acceptors (Lipinski definition) is 4. The van der Waals surface area contributed by atoms with E-state index in [0.717, 1.165) is 48.3 Å². The summed E-state index contributed by atoms with van der Waals surface area (Å²) in [5.74, 6) is 0. The summed E-state index contributed by atoms with van der Waals surface area (Å²) in [6.45, 7) is 2.09. The minimum Gasteiger partial charge on any atom is -0.395 e. The first kappa shape index (κ1) is 14.4. The minimum absolute atomic E-state index is 0.232. The molecule has 3 heterocycles. The van der Waals surface area contributed by atoms with E-state index in [1.807, 2.05) is 41.3 Å². The van der Waals surface area contributed by atoms with Crippen molar-refractivity contribution in [1.29, 1.82) is 0 Å². The SMILES string of the molecule is OC[C@H]1CCCN1Cc1cnc2c(-c3ccccc3)cnn2c1. The molecular weight excluding hydrogens is 288 g/mol. The predicted molar refractivity (Wildman–Crippen MR) is 88.9 cm³/mol. The average Bonchev–Trinajstić information content (AvgIpc) is 3.21. The highest BCUT2D eigenvalue weighted by atomic mass is 16.3. The van der Waals surface area contributed by atoms with Crippen molar-refractivity contribution in [3.63, 3.8) is 0 Å². The Labute approximate surface area is 135 Å². The number of aliphatic hydroxyl groups excluding tert-OH is 1. The highest BCUT2D eigenvalue weighted by molar-refractivity contribution is 5.76. The van der Waals surface area contributed by atoms with Gasteiger partial charge >= 0.3 is 0 Å². The Morgan fingerprint density at radius 2 is 2.04 bits per heavy atom. The van der Waals surface area contributed by atoms with Gasteiger partial charge in [-0.3, -0.25) is 4.90 Å². The normalized spacial score (nSPS) is 18.7. The van der Waals surface area contributed by atoms with Gasteiger partial charge in [0, 0.05) is 36.1 Å². The molecule has 1 N–H and O–H groups in total. The van der Waals surface area contributed by atoms with Crippen LogP contribution in [0, 0.1) is 0 Å². The molecule has 4 rings (SSSR count). The molecule has 118 valence electrons. The number of aromatic nitrogens is 3. The number of nitrogens with zero attached hydrogens (tertiary/aromatic N) is 4. The maximum absolute atomic E-state index is 9.44. The molecule has 0 spiro atoms. The van der Waals surface area contributed by atoms with Crippen molar-refractivity contribution < 1.29 is 5.11 Å². The van der Waals surface area contributed by atoms with Gasteiger partial charge < -0.3 is 5.11 Å². The van der Waals surface area contributed by atoms with Crippen LogP contribution in [0.1, 0.15) is 18.4 Å². The van der Waals surface area contributed by atoms with E-state index in [1.54, 1.807) is 0 Å². The second-order valence-corrected chi connectivity index (χ2v) is 6.10. The lowest BCUT2D eigenvalue weighted by Crippen LogP contribution is -2.31. The second kappa shape index (κ2) is 6.10. The Balaban J connectivity index is 1.62. The van der Waals surface area contributed by atoms with E-state index in [4.69, 9.17) is 0 Å². The topological polar surface area (TPSA) is 53.7 Å². The van der Waals surface area contributed by atoms with Crippen molar-refractivity contribution in [1.82, 2.24) is 19.5 Å². The van der Waals surface area contributed by atoms with Gasteiger partial charge in [0.25, 0.3) is 0 Å². The summed E-state index contributed by atoms with van der Waals surface area (Å²) in [5.41, 5.74) is 4.18. The zero-order valence-corrected chi connectivity index (χ0v) is 13.0. The highest BCUT2D eigenvalue weighted by Crippen LogP contribution is 2.24. The van der Waals surface area contributed by atoms with Gasteiger partial charge in [-0.25, -0.2) is 9.50 Å². The van der Waals surface area contributed by atoms with Crippen LogP contribution in [0.15, 0.2) is 48.9 Å². The van der Waals surface area contributed by atoms with E-state index < -0.39 is 0 Å². The molecule has 1 aliphatic heterocycles. The maximum atomic E-state index is 9.44. The Hall–Kier alpha value is -2.24. The van der Waals surface area contributed by atoms with Gasteiger partial charge in [-0.2, -0.15) is 5.10 Å². The molecule has 3 aromatic rings. The lowest BCUT2D eigenvalue weighted by molar-refractivity contribution is 0.153. The number of hydrogen-bond donors (Lipinski definition) is 1. The van der Waals surface area contributed by atoms with Crippen molar-refractivity contribution in [2.75, 3.05) is 13.2 Å². The third-order valence-corrected chi connectivity index (χ3v) is 4.59. The minimum atomic E-state index is 0.232. The first-order chi connectivity index (χ1) is 11.3. The molecule has 2 aromatic heterocycles. The molecular formula is C18H20N4O. The summed E-state index contributed by atoms with van der Waals surface area (Å²) >= 11 is 0. The van der Waals surface area contributed by atoms with Gasteiger partial charge in [0.15, 0.2) is 5.65 Å². The fraction of sp³-hybridized carbons (Fsp3) is 0.333. The van der Waals surface area contributed by atoms with Gasteiger partial charge in [-0.1, -0.05) is 30.3 Å². The zero-order valence-electron chi connectivity index (χ0n) is 13.0. The summed E-state index contributed by atoms with van der Waals surface area (Å²) in [5, 5.41) is 13.9. The highest BCUT2D eigenvalue weighted by Gasteiger charge is 2.23. The number of benzene rings is 1. The van der Waals surface area contributed by atoms with Crippen LogP contribution in [0.5, 0.6) is 0 Å². The van der Waals surface area contributed by atoms with Crippen LogP contribution in [0.3, 0.4) is 0 Å². The van der Waals surface area contributed by atoms with Crippen LogP contribution in [0.25, 0.3) is 16.8 Å². The van der Waals surface area contributed by atoms with Crippen LogP contribution < -0.4 is 0 Å². The van der Waals surface area contributed by atoms with Gasteiger partial charge in [0.1, 0.15) is 0 Å². The molecule has 0 aliphatic carbocycles.